The molecule has 1 saturated carbocycles. The number of piperidine rings is 1. The van der Waals surface area contributed by atoms with Crippen LogP contribution in [-0.4, -0.2) is 118 Å². The number of ether oxygens (including phenoxy) is 5. The fourth-order valence-corrected chi connectivity index (χ4v) is 13.2. The maximum absolute atomic E-state index is 14.4. The number of carbonyl (C=O) groups excluding carboxylic acids is 1. The van der Waals surface area contributed by atoms with E-state index in [2.05, 4.69) is 85.0 Å². The molecule has 5 aliphatic rings. The van der Waals surface area contributed by atoms with Crippen molar-refractivity contribution in [3.63, 3.8) is 0 Å². The molecule has 2 aromatic heterocycles. The number of H-pyrrole nitrogens is 1. The van der Waals surface area contributed by atoms with Gasteiger partial charge in [0.2, 0.25) is 0 Å². The van der Waals surface area contributed by atoms with Crippen LogP contribution in [0.25, 0.3) is 11.0 Å². The lowest BCUT2D eigenvalue weighted by Gasteiger charge is -2.58. The number of benzene rings is 4. The topological polar surface area (TPSA) is 203 Å². The number of fused-ring (bicyclic) bond motifs is 2. The predicted molar refractivity (Wildman–Crippen MR) is 289 cm³/mol. The van der Waals surface area contributed by atoms with Gasteiger partial charge in [0, 0.05) is 101 Å². The van der Waals surface area contributed by atoms with E-state index in [1.54, 1.807) is 31.5 Å². The Hall–Kier alpha value is -6.93. The number of nitro benzene ring substituents is 1. The molecule has 6 heterocycles. The van der Waals surface area contributed by atoms with E-state index in [0.29, 0.717) is 43.1 Å². The number of aromatic nitrogens is 2. The zero-order chi connectivity index (χ0) is 52.6. The number of nitro groups is 1. The molecule has 0 unspecified atom stereocenters. The average molecular weight is 1060 g/mol. The lowest BCUT2D eigenvalue weighted by molar-refractivity contribution is -0.384. The van der Waals surface area contributed by atoms with Crippen LogP contribution in [0.3, 0.4) is 0 Å². The number of amides is 1. The Morgan fingerprint density at radius 3 is 2.43 bits per heavy atom. The highest BCUT2D eigenvalue weighted by atomic mass is 32.2. The minimum absolute atomic E-state index is 0.00422. The van der Waals surface area contributed by atoms with E-state index < -0.39 is 31.4 Å². The van der Waals surface area contributed by atoms with E-state index in [-0.39, 0.29) is 59.1 Å². The number of carbonyl (C=O) groups is 1. The van der Waals surface area contributed by atoms with Gasteiger partial charge in [0.1, 0.15) is 41.0 Å². The molecule has 19 heteroatoms. The number of pyridine rings is 1. The minimum atomic E-state index is -4.81. The highest BCUT2D eigenvalue weighted by molar-refractivity contribution is 7.90. The van der Waals surface area contributed by atoms with Gasteiger partial charge in [-0.3, -0.25) is 24.7 Å². The largest absolute Gasteiger partial charge is 0.497 e. The number of piperazine rings is 1. The highest BCUT2D eigenvalue weighted by Crippen LogP contribution is 2.54. The Morgan fingerprint density at radius 2 is 1.68 bits per heavy atom. The first-order chi connectivity index (χ1) is 36.8. The lowest BCUT2D eigenvalue weighted by atomic mass is 9.59. The number of rotatable bonds is 16. The van der Waals surface area contributed by atoms with Gasteiger partial charge in [0.25, 0.3) is 21.6 Å². The first-order valence-corrected chi connectivity index (χ1v) is 28.0. The maximum atomic E-state index is 14.4. The van der Waals surface area contributed by atoms with Crippen molar-refractivity contribution < 1.29 is 41.8 Å². The molecular weight excluding hydrogens is 989 g/mol. The summed E-state index contributed by atoms with van der Waals surface area (Å²) in [6.07, 6.45) is 9.12. The second kappa shape index (κ2) is 21.6. The number of nitrogens with one attached hydrogen (secondary N) is 3. The molecular formula is C57H66N8O10S. The summed E-state index contributed by atoms with van der Waals surface area (Å²) >= 11 is 0. The number of hydrogen-bond acceptors (Lipinski definition) is 15. The molecule has 400 valence electrons. The van der Waals surface area contributed by atoms with Crippen LogP contribution in [0.15, 0.2) is 102 Å². The van der Waals surface area contributed by atoms with Gasteiger partial charge >= 0.3 is 0 Å². The SMILES string of the molecule is COc1ccc(CN2CCN(C3CC4(CCN(c5ccc(C(=O)NS(=O)(=O)c6cc([N+](=O)[O-])c(NCC7CCOCC7)c7c6OCCO7)c(Oc6cnc7[nH]ccc7c6)c5)CC4)C3)[C@H](c3ccccc3C(C)C)C2)cc1. The molecule has 4 aliphatic heterocycles. The fourth-order valence-electron chi connectivity index (χ4n) is 12.1. The third-order valence-electron chi connectivity index (χ3n) is 16.2. The molecule has 6 aromatic rings. The van der Waals surface area contributed by atoms with Crippen LogP contribution in [0.2, 0.25) is 0 Å². The molecule has 0 bridgehead atoms. The van der Waals surface area contributed by atoms with Crippen molar-refractivity contribution in [1.82, 2.24) is 24.5 Å². The van der Waals surface area contributed by atoms with Gasteiger partial charge in [-0.25, -0.2) is 18.1 Å². The number of methoxy groups -OCH3 is 1. The maximum Gasteiger partial charge on any atom is 0.297 e. The first kappa shape index (κ1) is 51.2. The van der Waals surface area contributed by atoms with Crippen LogP contribution < -0.4 is 33.9 Å². The van der Waals surface area contributed by atoms with Crippen LogP contribution in [0.1, 0.15) is 91.4 Å². The van der Waals surface area contributed by atoms with Crippen molar-refractivity contribution in [2.24, 2.45) is 11.3 Å². The Labute approximate surface area is 443 Å². The molecule has 76 heavy (non-hydrogen) atoms. The highest BCUT2D eigenvalue weighted by Gasteiger charge is 2.50. The fraction of sp³-hybridized carbons (Fsp3) is 0.439. The van der Waals surface area contributed by atoms with Gasteiger partial charge in [0.15, 0.2) is 17.2 Å². The van der Waals surface area contributed by atoms with Gasteiger partial charge in [-0.15, -0.1) is 0 Å². The molecule has 3 N–H and O–H groups in total. The Bertz CT molecular complexity index is 3200. The van der Waals surface area contributed by atoms with E-state index in [1.807, 2.05) is 24.3 Å². The number of aromatic amines is 1. The quantitative estimate of drug-likeness (QED) is 0.0610. The van der Waals surface area contributed by atoms with Crippen LogP contribution >= 0.6 is 0 Å². The van der Waals surface area contributed by atoms with Gasteiger partial charge in [-0.05, 0) is 109 Å². The molecule has 1 amide bonds. The van der Waals surface area contributed by atoms with Gasteiger partial charge in [-0.1, -0.05) is 50.2 Å². The summed E-state index contributed by atoms with van der Waals surface area (Å²) in [6, 6.07) is 27.9. The van der Waals surface area contributed by atoms with Crippen LogP contribution in [0.5, 0.6) is 28.7 Å². The predicted octanol–water partition coefficient (Wildman–Crippen LogP) is 9.43. The molecule has 1 atom stereocenters. The Morgan fingerprint density at radius 1 is 0.921 bits per heavy atom. The molecule has 0 radical (unpaired) electrons. The van der Waals surface area contributed by atoms with Crippen molar-refractivity contribution in [2.45, 2.75) is 81.8 Å². The zero-order valence-electron chi connectivity index (χ0n) is 43.3. The molecule has 1 spiro atoms. The summed E-state index contributed by atoms with van der Waals surface area (Å²) in [5, 5.41) is 16.5. The average Bonchev–Trinajstić information content (AvgIpc) is 3.92. The van der Waals surface area contributed by atoms with E-state index in [1.165, 1.54) is 22.9 Å². The second-order valence-corrected chi connectivity index (χ2v) is 22.9. The van der Waals surface area contributed by atoms with E-state index in [4.69, 9.17) is 23.7 Å². The summed E-state index contributed by atoms with van der Waals surface area (Å²) in [5.41, 5.74) is 5.25. The molecule has 3 saturated heterocycles. The van der Waals surface area contributed by atoms with Gasteiger partial charge in [0.05, 0.1) is 23.8 Å². The summed E-state index contributed by atoms with van der Waals surface area (Å²) in [6.45, 7) is 11.6. The smallest absolute Gasteiger partial charge is 0.297 e. The summed E-state index contributed by atoms with van der Waals surface area (Å²) in [5.74, 6) is 0.604. The van der Waals surface area contributed by atoms with Gasteiger partial charge in [-0.2, -0.15) is 0 Å². The second-order valence-electron chi connectivity index (χ2n) is 21.3. The Balaban J connectivity index is 0.810. The number of nitrogens with zero attached hydrogens (tertiary/aromatic N) is 5. The van der Waals surface area contributed by atoms with E-state index in [0.717, 1.165) is 101 Å². The summed E-state index contributed by atoms with van der Waals surface area (Å²) in [4.78, 5) is 40.9. The molecule has 11 rings (SSSR count). The van der Waals surface area contributed by atoms with Gasteiger partial charge < -0.3 is 38.9 Å². The zero-order valence-corrected chi connectivity index (χ0v) is 44.1. The van der Waals surface area contributed by atoms with Crippen molar-refractivity contribution in [2.75, 3.05) is 83.0 Å². The molecule has 4 aromatic carbocycles. The van der Waals surface area contributed by atoms with Crippen LogP contribution in [-0.2, 0) is 21.3 Å². The van der Waals surface area contributed by atoms with E-state index in [9.17, 15) is 23.3 Å². The van der Waals surface area contributed by atoms with Crippen molar-refractivity contribution in [3.8, 4) is 28.7 Å². The minimum Gasteiger partial charge on any atom is -0.497 e. The third kappa shape index (κ3) is 10.6. The lowest BCUT2D eigenvalue weighted by Crippen LogP contribution is -2.60. The number of hydrogen-bond donors (Lipinski definition) is 3. The van der Waals surface area contributed by atoms with Crippen molar-refractivity contribution in [1.29, 1.82) is 0 Å². The molecule has 1 aliphatic carbocycles. The summed E-state index contributed by atoms with van der Waals surface area (Å²) < 4.78 is 59.9. The third-order valence-corrected chi connectivity index (χ3v) is 17.6. The monoisotopic (exact) mass is 1050 g/mol. The van der Waals surface area contributed by atoms with Crippen LogP contribution in [0, 0.1) is 21.4 Å². The summed E-state index contributed by atoms with van der Waals surface area (Å²) in [7, 11) is -3.11. The Kier molecular flexibility index (Phi) is 14.5. The molecule has 4 fully saturated rings. The van der Waals surface area contributed by atoms with Crippen LogP contribution in [0.4, 0.5) is 17.1 Å². The van der Waals surface area contributed by atoms with E-state index >= 15 is 0 Å². The van der Waals surface area contributed by atoms with Crippen molar-refractivity contribution in [3.05, 3.63) is 130 Å². The number of sulfonamides is 1. The first-order valence-electron chi connectivity index (χ1n) is 26.5. The normalized spacial score (nSPS) is 19.4. The standard InChI is InChI=1S/C57H66N8O10S/c1-37(2)45-6-4-5-7-46(45)49-36-62(35-39-8-11-43(71-3)12-9-39)22-23-64(49)42-31-57(32-42)17-20-63(21-18-57)41-10-13-47(50(29-41)75-44-28-40-14-19-58-55(40)60-34-44)56(66)61-76(69,70)51-30-48(65(67)68)52(54-53(51)73-26-27-74-54)59-33-38-15-24-72-25-16-38/h4-14,19,28-30,34,37-38,42,49,59H,15-18,20-27,31-33,35-36H2,1-3H3,(H,58,60)(H,61,66)/t49-/m0/s1. The molecule has 18 nitrogen and oxygen atoms in total. The van der Waals surface area contributed by atoms with Crippen molar-refractivity contribution >= 4 is 44.0 Å². The number of anilines is 2.